The van der Waals surface area contributed by atoms with E-state index in [1.807, 2.05) is 4.90 Å². The zero-order chi connectivity index (χ0) is 22.4. The largest absolute Gasteiger partial charge is 0.466 e. The molecule has 1 saturated heterocycles. The van der Waals surface area contributed by atoms with Gasteiger partial charge in [-0.05, 0) is 52.3 Å². The van der Waals surface area contributed by atoms with Crippen molar-refractivity contribution in [3.63, 3.8) is 0 Å². The van der Waals surface area contributed by atoms with Gasteiger partial charge >= 0.3 is 5.97 Å². The monoisotopic (exact) mass is 443 g/mol. The Morgan fingerprint density at radius 2 is 2.10 bits per heavy atom. The second-order valence-corrected chi connectivity index (χ2v) is 9.11. The Kier molecular flexibility index (Phi) is 8.21. The molecule has 0 aliphatic carbocycles. The molecule has 168 valence electrons. The molecule has 1 aliphatic rings. The molecule has 1 aliphatic heterocycles. The molecule has 0 radical (unpaired) electrons. The van der Waals surface area contributed by atoms with Crippen molar-refractivity contribution in [2.75, 3.05) is 32.8 Å². The number of esters is 1. The van der Waals surface area contributed by atoms with E-state index in [-0.39, 0.29) is 18.3 Å². The molecule has 7 heteroatoms. The highest BCUT2D eigenvalue weighted by Crippen LogP contribution is 2.29. The number of rotatable bonds is 9. The maximum absolute atomic E-state index is 13.4. The van der Waals surface area contributed by atoms with Gasteiger partial charge in [0.25, 0.3) is 5.91 Å². The van der Waals surface area contributed by atoms with Gasteiger partial charge in [0.1, 0.15) is 9.88 Å². The lowest BCUT2D eigenvalue weighted by Crippen LogP contribution is -2.43. The van der Waals surface area contributed by atoms with Crippen LogP contribution < -0.4 is 0 Å². The van der Waals surface area contributed by atoms with Gasteiger partial charge in [0.05, 0.1) is 19.2 Å². The van der Waals surface area contributed by atoms with Crippen molar-refractivity contribution in [1.82, 2.24) is 14.8 Å². The Bertz CT molecular complexity index is 911. The average Bonchev–Trinajstić information content (AvgIpc) is 3.40. The van der Waals surface area contributed by atoms with E-state index in [4.69, 9.17) is 4.74 Å². The first-order chi connectivity index (χ1) is 14.9. The van der Waals surface area contributed by atoms with Crippen LogP contribution in [0.25, 0.3) is 10.6 Å². The fraction of sp³-hybridized carbons (Fsp3) is 0.542. The summed E-state index contributed by atoms with van der Waals surface area (Å²) in [5.74, 6) is -0.319. The Morgan fingerprint density at radius 3 is 2.81 bits per heavy atom. The molecule has 1 aromatic heterocycles. The number of hydrogen-bond acceptors (Lipinski definition) is 6. The lowest BCUT2D eigenvalue weighted by atomic mass is 10.1. The van der Waals surface area contributed by atoms with E-state index in [1.54, 1.807) is 13.1 Å². The maximum atomic E-state index is 13.4. The number of carbonyl (C=O) groups is 2. The van der Waals surface area contributed by atoms with E-state index in [1.165, 1.54) is 16.9 Å². The van der Waals surface area contributed by atoms with Gasteiger partial charge in [-0.25, -0.2) is 4.98 Å². The van der Waals surface area contributed by atoms with E-state index < -0.39 is 0 Å². The molecule has 1 unspecified atom stereocenters. The van der Waals surface area contributed by atoms with E-state index >= 15 is 0 Å². The van der Waals surface area contributed by atoms with E-state index in [0.717, 1.165) is 42.1 Å². The normalized spacial score (nSPS) is 16.5. The molecule has 2 heterocycles. The van der Waals surface area contributed by atoms with Crippen molar-refractivity contribution in [1.29, 1.82) is 0 Å². The van der Waals surface area contributed by atoms with E-state index in [9.17, 15) is 9.59 Å². The third kappa shape index (κ3) is 5.92. The average molecular weight is 444 g/mol. The van der Waals surface area contributed by atoms with Crippen LogP contribution in [0.2, 0.25) is 0 Å². The third-order valence-electron chi connectivity index (χ3n) is 5.84. The summed E-state index contributed by atoms with van der Waals surface area (Å²) in [6.07, 6.45) is 4.11. The summed E-state index contributed by atoms with van der Waals surface area (Å²) in [4.78, 5) is 34.7. The van der Waals surface area contributed by atoms with Crippen molar-refractivity contribution in [2.24, 2.45) is 0 Å². The van der Waals surface area contributed by atoms with Crippen LogP contribution in [0.3, 0.4) is 0 Å². The highest BCUT2D eigenvalue weighted by Gasteiger charge is 2.29. The van der Waals surface area contributed by atoms with Crippen molar-refractivity contribution in [3.8, 4) is 10.6 Å². The Hall–Kier alpha value is -2.25. The van der Waals surface area contributed by atoms with Gasteiger partial charge in [0.2, 0.25) is 0 Å². The lowest BCUT2D eigenvalue weighted by Gasteiger charge is -2.30. The van der Waals surface area contributed by atoms with Gasteiger partial charge in [0, 0.05) is 24.7 Å². The van der Waals surface area contributed by atoms with Gasteiger partial charge < -0.3 is 9.64 Å². The molecule has 1 amide bonds. The molecule has 2 aromatic rings. The van der Waals surface area contributed by atoms with Crippen LogP contribution in [0.15, 0.2) is 24.4 Å². The molecule has 0 spiro atoms. The van der Waals surface area contributed by atoms with Crippen LogP contribution in [0.4, 0.5) is 0 Å². The number of ether oxygens (including phenoxy) is 1. The van der Waals surface area contributed by atoms with Crippen LogP contribution >= 0.6 is 11.3 Å². The lowest BCUT2D eigenvalue weighted by molar-refractivity contribution is -0.143. The number of aryl methyl sites for hydroxylation is 2. The molecular formula is C24H33N3O3S. The predicted octanol–water partition coefficient (Wildman–Crippen LogP) is 4.31. The summed E-state index contributed by atoms with van der Waals surface area (Å²) < 4.78 is 5.08. The smallest absolute Gasteiger partial charge is 0.307 e. The van der Waals surface area contributed by atoms with Crippen LogP contribution in [0.5, 0.6) is 0 Å². The van der Waals surface area contributed by atoms with Crippen LogP contribution in [-0.4, -0.2) is 65.5 Å². The minimum Gasteiger partial charge on any atom is -0.466 e. The van der Waals surface area contributed by atoms with Crippen LogP contribution in [0.1, 0.15) is 53.9 Å². The number of hydrogen-bond donors (Lipinski definition) is 0. The van der Waals surface area contributed by atoms with Gasteiger partial charge in [0.15, 0.2) is 0 Å². The second-order valence-electron chi connectivity index (χ2n) is 8.08. The number of aromatic nitrogens is 1. The molecule has 6 nitrogen and oxygen atoms in total. The zero-order valence-electron chi connectivity index (χ0n) is 19.0. The van der Waals surface area contributed by atoms with Gasteiger partial charge in [-0.1, -0.05) is 30.7 Å². The highest BCUT2D eigenvalue weighted by molar-refractivity contribution is 7.16. The summed E-state index contributed by atoms with van der Waals surface area (Å²) in [7, 11) is 0. The zero-order valence-corrected chi connectivity index (χ0v) is 19.8. The van der Waals surface area contributed by atoms with Crippen molar-refractivity contribution >= 4 is 23.2 Å². The molecular weight excluding hydrogens is 410 g/mol. The van der Waals surface area contributed by atoms with Gasteiger partial charge in [-0.15, -0.1) is 11.3 Å². The summed E-state index contributed by atoms with van der Waals surface area (Å²) in [6, 6.07) is 6.59. The minimum atomic E-state index is -0.264. The molecule has 0 saturated carbocycles. The maximum Gasteiger partial charge on any atom is 0.307 e. The fourth-order valence-corrected chi connectivity index (χ4v) is 5.19. The van der Waals surface area contributed by atoms with Gasteiger partial charge in [-0.2, -0.15) is 0 Å². The summed E-state index contributed by atoms with van der Waals surface area (Å²) in [5.41, 5.74) is 3.41. The minimum absolute atomic E-state index is 0.0548. The van der Waals surface area contributed by atoms with Crippen molar-refractivity contribution in [2.45, 2.75) is 53.0 Å². The molecule has 1 atom stereocenters. The van der Waals surface area contributed by atoms with E-state index in [2.05, 4.69) is 48.9 Å². The quantitative estimate of drug-likeness (QED) is 0.541. The number of nitrogens with zero attached hydrogens (tertiary/aromatic N) is 3. The first-order valence-electron chi connectivity index (χ1n) is 11.1. The highest BCUT2D eigenvalue weighted by atomic mass is 32.1. The number of thiazole rings is 1. The molecule has 31 heavy (non-hydrogen) atoms. The second kappa shape index (κ2) is 10.9. The Balaban J connectivity index is 1.78. The molecule has 1 fully saturated rings. The SMILES string of the molecule is CCOC(=O)CCN(CC1CCCN1CC)C(=O)c1cnc(-c2ccc(C)cc2C)s1. The topological polar surface area (TPSA) is 62.7 Å². The van der Waals surface area contributed by atoms with Gasteiger partial charge in [-0.3, -0.25) is 14.5 Å². The first-order valence-corrected chi connectivity index (χ1v) is 12.0. The van der Waals surface area contributed by atoms with Crippen molar-refractivity contribution in [3.05, 3.63) is 40.4 Å². The Labute approximate surface area is 189 Å². The summed E-state index contributed by atoms with van der Waals surface area (Å²) in [5, 5.41) is 0.849. The summed E-state index contributed by atoms with van der Waals surface area (Å²) in [6.45, 7) is 11.5. The third-order valence-corrected chi connectivity index (χ3v) is 6.86. The first kappa shape index (κ1) is 23.4. The van der Waals surface area contributed by atoms with Crippen molar-refractivity contribution < 1.29 is 14.3 Å². The predicted molar refractivity (Wildman–Crippen MR) is 124 cm³/mol. The molecule has 1 aromatic carbocycles. The fourth-order valence-electron chi connectivity index (χ4n) is 4.21. The number of amides is 1. The molecule has 3 rings (SSSR count). The molecule has 0 bridgehead atoms. The summed E-state index contributed by atoms with van der Waals surface area (Å²) >= 11 is 1.42. The van der Waals surface area contributed by atoms with E-state index in [0.29, 0.717) is 30.6 Å². The molecule has 0 N–H and O–H groups in total. The van der Waals surface area contributed by atoms with Crippen LogP contribution in [-0.2, 0) is 9.53 Å². The standard InChI is InChI=1S/C24H33N3O3S/c1-5-26-12-7-8-19(26)16-27(13-11-22(28)30-6-2)24(29)21-15-25-23(31-21)20-10-9-17(3)14-18(20)4/h9-10,14-15,19H,5-8,11-13,16H2,1-4H3. The Morgan fingerprint density at radius 1 is 1.29 bits per heavy atom. The number of benzene rings is 1. The van der Waals surface area contributed by atoms with Crippen LogP contribution in [0, 0.1) is 13.8 Å². The number of likely N-dealkylation sites (N-methyl/N-ethyl adjacent to an activating group) is 1. The number of carbonyl (C=O) groups excluding carboxylic acids is 2. The number of likely N-dealkylation sites (tertiary alicyclic amines) is 1.